The van der Waals surface area contributed by atoms with Gasteiger partial charge in [0, 0.05) is 47.8 Å². The molecule has 0 saturated heterocycles. The van der Waals surface area contributed by atoms with Crippen LogP contribution in [0.25, 0.3) is 0 Å². The fourth-order valence-corrected chi connectivity index (χ4v) is 3.94. The lowest BCUT2D eigenvalue weighted by atomic mass is 10.0. The monoisotopic (exact) mass is 473 g/mol. The molecule has 174 valence electrons. The van der Waals surface area contributed by atoms with Gasteiger partial charge in [0.15, 0.2) is 11.5 Å². The minimum atomic E-state index is -4.68. The first-order chi connectivity index (χ1) is 15.1. The van der Waals surface area contributed by atoms with Crippen LogP contribution in [0.3, 0.4) is 0 Å². The molecule has 1 aliphatic heterocycles. The summed E-state index contributed by atoms with van der Waals surface area (Å²) in [5.74, 6) is -0.364. The van der Waals surface area contributed by atoms with E-state index in [0.29, 0.717) is 28.6 Å². The minimum absolute atomic E-state index is 0.0128. The lowest BCUT2D eigenvalue weighted by Gasteiger charge is -2.27. The molecular weight excluding hydrogens is 451 g/mol. The summed E-state index contributed by atoms with van der Waals surface area (Å²) < 4.78 is 52.1. The smallest absolute Gasteiger partial charge is 0.435 e. The largest absolute Gasteiger partial charge is 0.496 e. The summed E-state index contributed by atoms with van der Waals surface area (Å²) >= 11 is 5.99. The fourth-order valence-electron chi connectivity index (χ4n) is 3.75. The molecule has 0 fully saturated rings. The summed E-state index contributed by atoms with van der Waals surface area (Å²) in [4.78, 5) is 26.0. The Hall–Kier alpha value is -2.59. The van der Waals surface area contributed by atoms with Crippen molar-refractivity contribution in [3.05, 3.63) is 45.7 Å². The van der Waals surface area contributed by atoms with E-state index in [4.69, 9.17) is 21.1 Å². The van der Waals surface area contributed by atoms with Crippen LogP contribution in [0, 0.1) is 0 Å². The SMILES string of the molecule is CCOC(=O)CN1CCc2c(c(C(F)(F)F)nn2CC(=O)Cc2cc(Cl)ccc2OC)C1. The molecule has 0 N–H and O–H groups in total. The maximum atomic E-state index is 13.6. The van der Waals surface area contributed by atoms with Crippen LogP contribution in [0.1, 0.15) is 29.4 Å². The fraction of sp³-hybridized carbons (Fsp3) is 0.476. The van der Waals surface area contributed by atoms with Crippen LogP contribution in [-0.4, -0.2) is 53.2 Å². The molecule has 0 aliphatic carbocycles. The summed E-state index contributed by atoms with van der Waals surface area (Å²) in [6.45, 7) is 1.69. The van der Waals surface area contributed by atoms with Gasteiger partial charge in [0.2, 0.25) is 0 Å². The molecule has 2 heterocycles. The summed E-state index contributed by atoms with van der Waals surface area (Å²) in [7, 11) is 1.46. The van der Waals surface area contributed by atoms with Gasteiger partial charge in [0.25, 0.3) is 0 Å². The quantitative estimate of drug-likeness (QED) is 0.548. The van der Waals surface area contributed by atoms with Crippen molar-refractivity contribution in [3.63, 3.8) is 0 Å². The van der Waals surface area contributed by atoms with Gasteiger partial charge in [-0.05, 0) is 25.1 Å². The second-order valence-corrected chi connectivity index (χ2v) is 7.80. The number of hydrogen-bond acceptors (Lipinski definition) is 6. The Morgan fingerprint density at radius 1 is 1.25 bits per heavy atom. The highest BCUT2D eigenvalue weighted by Crippen LogP contribution is 2.35. The highest BCUT2D eigenvalue weighted by atomic mass is 35.5. The molecule has 0 spiro atoms. The van der Waals surface area contributed by atoms with Gasteiger partial charge >= 0.3 is 12.1 Å². The third-order valence-corrected chi connectivity index (χ3v) is 5.33. The topological polar surface area (TPSA) is 73.7 Å². The second kappa shape index (κ2) is 9.91. The lowest BCUT2D eigenvalue weighted by molar-refractivity contribution is -0.144. The number of halogens is 4. The predicted molar refractivity (Wildman–Crippen MR) is 110 cm³/mol. The third kappa shape index (κ3) is 5.60. The number of carbonyl (C=O) groups is 2. The number of methoxy groups -OCH3 is 1. The molecular formula is C21H23ClF3N3O4. The minimum Gasteiger partial charge on any atom is -0.496 e. The van der Waals surface area contributed by atoms with Crippen molar-refractivity contribution in [2.45, 2.75) is 39.0 Å². The van der Waals surface area contributed by atoms with E-state index in [1.165, 1.54) is 7.11 Å². The van der Waals surface area contributed by atoms with E-state index in [0.717, 1.165) is 4.68 Å². The van der Waals surface area contributed by atoms with Crippen molar-refractivity contribution < 1.29 is 32.2 Å². The number of ether oxygens (including phenoxy) is 2. The van der Waals surface area contributed by atoms with Gasteiger partial charge < -0.3 is 9.47 Å². The van der Waals surface area contributed by atoms with Crippen molar-refractivity contribution in [1.29, 1.82) is 0 Å². The van der Waals surface area contributed by atoms with Gasteiger partial charge in [0.05, 0.1) is 20.3 Å². The van der Waals surface area contributed by atoms with Gasteiger partial charge in [0.1, 0.15) is 12.3 Å². The van der Waals surface area contributed by atoms with E-state index in [9.17, 15) is 22.8 Å². The van der Waals surface area contributed by atoms with Gasteiger partial charge in [-0.15, -0.1) is 0 Å². The zero-order valence-electron chi connectivity index (χ0n) is 17.7. The number of alkyl halides is 3. The second-order valence-electron chi connectivity index (χ2n) is 7.37. The molecule has 0 amide bonds. The molecule has 1 aromatic carbocycles. The first kappa shape index (κ1) is 24.1. The summed E-state index contributed by atoms with van der Waals surface area (Å²) in [6.07, 6.45) is -4.51. The Labute approximate surface area is 188 Å². The predicted octanol–water partition coefficient (Wildman–Crippen LogP) is 3.30. The molecule has 1 aromatic heterocycles. The average Bonchev–Trinajstić information content (AvgIpc) is 3.06. The van der Waals surface area contributed by atoms with Crippen LogP contribution in [0.2, 0.25) is 5.02 Å². The van der Waals surface area contributed by atoms with E-state index in [-0.39, 0.29) is 50.4 Å². The van der Waals surface area contributed by atoms with Crippen LogP contribution in [0.5, 0.6) is 5.75 Å². The summed E-state index contributed by atoms with van der Waals surface area (Å²) in [5, 5.41) is 4.15. The van der Waals surface area contributed by atoms with Crippen molar-refractivity contribution in [2.24, 2.45) is 0 Å². The van der Waals surface area contributed by atoms with Gasteiger partial charge in [-0.2, -0.15) is 18.3 Å². The maximum Gasteiger partial charge on any atom is 0.435 e. The number of rotatable bonds is 8. The molecule has 7 nitrogen and oxygen atoms in total. The Kier molecular flexibility index (Phi) is 7.45. The molecule has 0 atom stereocenters. The van der Waals surface area contributed by atoms with Crippen molar-refractivity contribution in [3.8, 4) is 5.75 Å². The number of ketones is 1. The Morgan fingerprint density at radius 2 is 2.00 bits per heavy atom. The first-order valence-corrected chi connectivity index (χ1v) is 10.4. The number of fused-ring (bicyclic) bond motifs is 1. The van der Waals surface area contributed by atoms with E-state index in [2.05, 4.69) is 5.10 Å². The van der Waals surface area contributed by atoms with Crippen molar-refractivity contribution in [1.82, 2.24) is 14.7 Å². The van der Waals surface area contributed by atoms with E-state index < -0.39 is 17.8 Å². The van der Waals surface area contributed by atoms with Crippen LogP contribution in [0.15, 0.2) is 18.2 Å². The molecule has 32 heavy (non-hydrogen) atoms. The van der Waals surface area contributed by atoms with Crippen molar-refractivity contribution >= 4 is 23.4 Å². The van der Waals surface area contributed by atoms with Gasteiger partial charge in [-0.3, -0.25) is 19.2 Å². The standard InChI is InChI=1S/C21H23ClF3N3O4/c1-3-32-19(30)12-27-7-6-17-16(11-27)20(21(23,24)25)26-28(17)10-15(29)9-13-8-14(22)4-5-18(13)31-2/h4-5,8H,3,6-7,9-12H2,1-2H3. The number of Topliss-reactive ketones (excluding diaryl/α,β-unsaturated/α-hetero) is 1. The Morgan fingerprint density at radius 3 is 2.66 bits per heavy atom. The zero-order valence-corrected chi connectivity index (χ0v) is 18.4. The van der Waals surface area contributed by atoms with Gasteiger partial charge in [-0.1, -0.05) is 11.6 Å². The molecule has 11 heteroatoms. The molecule has 0 unspecified atom stereocenters. The summed E-state index contributed by atoms with van der Waals surface area (Å²) in [5.41, 5.74) is -0.151. The van der Waals surface area contributed by atoms with Crippen LogP contribution < -0.4 is 4.74 Å². The maximum absolute atomic E-state index is 13.6. The van der Waals surface area contributed by atoms with Crippen LogP contribution in [-0.2, 0) is 46.4 Å². The van der Waals surface area contributed by atoms with E-state index in [1.54, 1.807) is 30.0 Å². The zero-order chi connectivity index (χ0) is 23.5. The van der Waals surface area contributed by atoms with Crippen LogP contribution in [0.4, 0.5) is 13.2 Å². The van der Waals surface area contributed by atoms with Gasteiger partial charge in [-0.25, -0.2) is 0 Å². The van der Waals surface area contributed by atoms with E-state index >= 15 is 0 Å². The normalized spacial score (nSPS) is 14.2. The van der Waals surface area contributed by atoms with Crippen molar-refractivity contribution in [2.75, 3.05) is 26.8 Å². The molecule has 3 rings (SSSR count). The molecule has 0 saturated carbocycles. The van der Waals surface area contributed by atoms with Crippen LogP contribution >= 0.6 is 11.6 Å². The number of carbonyl (C=O) groups excluding carboxylic acids is 2. The van der Waals surface area contributed by atoms with E-state index in [1.807, 2.05) is 0 Å². The number of benzene rings is 1. The molecule has 0 radical (unpaired) electrons. The number of nitrogens with zero attached hydrogens (tertiary/aromatic N) is 3. The Bertz CT molecular complexity index is 1010. The highest BCUT2D eigenvalue weighted by molar-refractivity contribution is 6.30. The number of esters is 1. The molecule has 1 aliphatic rings. The number of aromatic nitrogens is 2. The highest BCUT2D eigenvalue weighted by Gasteiger charge is 2.41. The first-order valence-electron chi connectivity index (χ1n) is 10.00. The third-order valence-electron chi connectivity index (χ3n) is 5.10. The lowest BCUT2D eigenvalue weighted by Crippen LogP contribution is -2.36. The molecule has 2 aromatic rings. The Balaban J connectivity index is 1.81. The average molecular weight is 474 g/mol. The molecule has 0 bridgehead atoms. The summed E-state index contributed by atoms with van der Waals surface area (Å²) in [6, 6.07) is 4.84. The number of hydrogen-bond donors (Lipinski definition) is 0.